The van der Waals surface area contributed by atoms with E-state index in [1.54, 1.807) is 0 Å². The second-order valence-corrected chi connectivity index (χ2v) is 4.93. The van der Waals surface area contributed by atoms with Gasteiger partial charge in [0.1, 0.15) is 11.3 Å². The van der Waals surface area contributed by atoms with Gasteiger partial charge in [-0.1, -0.05) is 5.92 Å². The number of nitrogens with two attached hydrogens (primary N) is 1. The van der Waals surface area contributed by atoms with Crippen LogP contribution in [-0.2, 0) is 0 Å². The summed E-state index contributed by atoms with van der Waals surface area (Å²) >= 11 is 0. The fraction of sp³-hybridized carbons (Fsp3) is 0.429. The molecule has 2 rings (SSSR count). The van der Waals surface area contributed by atoms with Crippen molar-refractivity contribution in [3.05, 3.63) is 29.6 Å². The second-order valence-electron chi connectivity index (χ2n) is 4.93. The lowest BCUT2D eigenvalue weighted by atomic mass is 9.83. The number of hydrogen-bond donors (Lipinski definition) is 2. The van der Waals surface area contributed by atoms with Gasteiger partial charge in [-0.2, -0.15) is 0 Å². The molecule has 0 aromatic carbocycles. The Labute approximate surface area is 115 Å². The van der Waals surface area contributed by atoms with E-state index < -0.39 is 17.4 Å². The predicted molar refractivity (Wildman–Crippen MR) is 68.0 cm³/mol. The summed E-state index contributed by atoms with van der Waals surface area (Å²) in [6.07, 6.45) is 0.452. The van der Waals surface area contributed by atoms with Crippen LogP contribution in [0.3, 0.4) is 0 Å². The van der Waals surface area contributed by atoms with Crippen LogP contribution >= 0.6 is 0 Å². The summed E-state index contributed by atoms with van der Waals surface area (Å²) in [5.41, 5.74) is 4.23. The Balaban J connectivity index is 2.15. The normalized spacial score (nSPS) is 19.8. The molecule has 1 aliphatic carbocycles. The molecular weight excluding hydrogens is 266 g/mol. The molecule has 0 bridgehead atoms. The molecule has 1 saturated carbocycles. The van der Waals surface area contributed by atoms with E-state index >= 15 is 0 Å². The summed E-state index contributed by atoms with van der Waals surface area (Å²) in [6, 6.07) is 2.85. The Kier molecular flexibility index (Phi) is 3.73. The van der Waals surface area contributed by atoms with E-state index in [1.165, 1.54) is 18.3 Å². The van der Waals surface area contributed by atoms with Crippen LogP contribution in [0.5, 0.6) is 0 Å². The van der Waals surface area contributed by atoms with Crippen LogP contribution in [0, 0.1) is 11.8 Å². The van der Waals surface area contributed by atoms with Gasteiger partial charge in [0.2, 0.25) is 11.8 Å². The number of halogens is 2. The minimum Gasteiger partial charge on any atom is -0.378 e. The van der Waals surface area contributed by atoms with Gasteiger partial charge in [-0.25, -0.2) is 13.8 Å². The van der Waals surface area contributed by atoms with E-state index in [2.05, 4.69) is 16.8 Å². The highest BCUT2D eigenvalue weighted by Gasteiger charge is 2.41. The minimum atomic E-state index is -2.72. The van der Waals surface area contributed by atoms with Gasteiger partial charge < -0.3 is 10.8 Å². The number of primary amides is 1. The van der Waals surface area contributed by atoms with Gasteiger partial charge in [-0.3, -0.25) is 4.79 Å². The van der Waals surface area contributed by atoms with Gasteiger partial charge in [-0.15, -0.1) is 0 Å². The van der Waals surface area contributed by atoms with E-state index in [0.29, 0.717) is 0 Å². The van der Waals surface area contributed by atoms with Gasteiger partial charge in [0.05, 0.1) is 0 Å². The van der Waals surface area contributed by atoms with Crippen molar-refractivity contribution in [1.82, 2.24) is 4.98 Å². The van der Waals surface area contributed by atoms with Crippen molar-refractivity contribution < 1.29 is 18.7 Å². The van der Waals surface area contributed by atoms with Crippen LogP contribution in [0.2, 0.25) is 0 Å². The number of nitrogens with zero attached hydrogens (tertiary/aromatic N) is 1. The number of amides is 1. The second kappa shape index (κ2) is 5.17. The fourth-order valence-electron chi connectivity index (χ4n) is 1.99. The van der Waals surface area contributed by atoms with Crippen LogP contribution in [-0.4, -0.2) is 27.5 Å². The van der Waals surface area contributed by atoms with Gasteiger partial charge in [0, 0.05) is 24.6 Å². The number of aromatic nitrogens is 1. The highest BCUT2D eigenvalue weighted by atomic mass is 19.3. The SMILES string of the molecule is NC(=O)c1ccnc(C#CC2(O)CCC(F)(F)CC2)c1. The summed E-state index contributed by atoms with van der Waals surface area (Å²) in [5, 5.41) is 10.1. The van der Waals surface area contributed by atoms with Gasteiger partial charge in [0.25, 0.3) is 0 Å². The van der Waals surface area contributed by atoms with Gasteiger partial charge in [0.15, 0.2) is 0 Å². The minimum absolute atomic E-state index is 0.0808. The Morgan fingerprint density at radius 3 is 2.60 bits per heavy atom. The number of rotatable bonds is 1. The zero-order chi connectivity index (χ0) is 14.8. The summed E-state index contributed by atoms with van der Waals surface area (Å²) in [7, 11) is 0. The third-order valence-corrected chi connectivity index (χ3v) is 3.28. The van der Waals surface area contributed by atoms with Gasteiger partial charge in [-0.05, 0) is 30.9 Å². The molecule has 0 spiro atoms. The molecule has 0 atom stereocenters. The third-order valence-electron chi connectivity index (χ3n) is 3.28. The van der Waals surface area contributed by atoms with Crippen molar-refractivity contribution in [2.75, 3.05) is 0 Å². The quantitative estimate of drug-likeness (QED) is 0.765. The zero-order valence-electron chi connectivity index (χ0n) is 10.7. The van der Waals surface area contributed by atoms with Crippen molar-refractivity contribution in [3.63, 3.8) is 0 Å². The molecule has 20 heavy (non-hydrogen) atoms. The van der Waals surface area contributed by atoms with Crippen molar-refractivity contribution in [1.29, 1.82) is 0 Å². The summed E-state index contributed by atoms with van der Waals surface area (Å²) in [5.74, 6) is 1.86. The first kappa shape index (κ1) is 14.4. The maximum atomic E-state index is 13.0. The molecule has 4 nitrogen and oxygen atoms in total. The molecule has 3 N–H and O–H groups in total. The van der Waals surface area contributed by atoms with Crippen molar-refractivity contribution in [2.45, 2.75) is 37.2 Å². The van der Waals surface area contributed by atoms with Crippen LogP contribution in [0.25, 0.3) is 0 Å². The fourth-order valence-corrected chi connectivity index (χ4v) is 1.99. The van der Waals surface area contributed by atoms with Crippen LogP contribution < -0.4 is 5.73 Å². The summed E-state index contributed by atoms with van der Waals surface area (Å²) < 4.78 is 26.1. The Bertz CT molecular complexity index is 580. The number of carbonyl (C=O) groups excluding carboxylic acids is 1. The lowest BCUT2D eigenvalue weighted by Crippen LogP contribution is -2.37. The number of aliphatic hydroxyl groups is 1. The molecule has 106 valence electrons. The molecule has 6 heteroatoms. The van der Waals surface area contributed by atoms with Crippen LogP contribution in [0.1, 0.15) is 41.7 Å². The van der Waals surface area contributed by atoms with Gasteiger partial charge >= 0.3 is 0 Å². The van der Waals surface area contributed by atoms with E-state index in [0.717, 1.165) is 0 Å². The molecule has 1 aromatic rings. The molecule has 1 heterocycles. The van der Waals surface area contributed by atoms with E-state index in [9.17, 15) is 18.7 Å². The largest absolute Gasteiger partial charge is 0.378 e. The number of hydrogen-bond acceptors (Lipinski definition) is 3. The number of alkyl halides is 2. The lowest BCUT2D eigenvalue weighted by molar-refractivity contribution is -0.0823. The standard InChI is InChI=1S/C14H14F2N2O2/c15-14(16)6-4-13(20,5-7-14)3-1-11-9-10(12(17)19)2-8-18-11/h2,8-9,20H,4-7H2,(H2,17,19). The molecule has 0 unspecified atom stereocenters. The Hall–Kier alpha value is -2.00. The number of pyridine rings is 1. The highest BCUT2D eigenvalue weighted by molar-refractivity contribution is 5.92. The maximum Gasteiger partial charge on any atom is 0.248 e. The molecule has 1 aromatic heterocycles. The van der Waals surface area contributed by atoms with Crippen LogP contribution in [0.15, 0.2) is 18.3 Å². The molecule has 1 aliphatic rings. The average molecular weight is 280 g/mol. The first-order valence-electron chi connectivity index (χ1n) is 6.19. The summed E-state index contributed by atoms with van der Waals surface area (Å²) in [6.45, 7) is 0. The third kappa shape index (κ3) is 3.52. The highest BCUT2D eigenvalue weighted by Crippen LogP contribution is 2.38. The zero-order valence-corrected chi connectivity index (χ0v) is 10.7. The monoisotopic (exact) mass is 280 g/mol. The molecule has 0 radical (unpaired) electrons. The van der Waals surface area contributed by atoms with Crippen molar-refractivity contribution in [3.8, 4) is 11.8 Å². The first-order valence-corrected chi connectivity index (χ1v) is 6.19. The molecule has 0 saturated heterocycles. The maximum absolute atomic E-state index is 13.0. The Morgan fingerprint density at radius 1 is 1.35 bits per heavy atom. The number of carbonyl (C=O) groups is 1. The predicted octanol–water partition coefficient (Wildman–Crippen LogP) is 1.47. The topological polar surface area (TPSA) is 76.2 Å². The van der Waals surface area contributed by atoms with E-state index in [4.69, 9.17) is 5.73 Å². The molecule has 1 amide bonds. The lowest BCUT2D eigenvalue weighted by Gasteiger charge is -2.31. The molecular formula is C14H14F2N2O2. The first-order chi connectivity index (χ1) is 9.30. The molecule has 1 fully saturated rings. The van der Waals surface area contributed by atoms with Crippen molar-refractivity contribution >= 4 is 5.91 Å². The summed E-state index contributed by atoms with van der Waals surface area (Å²) in [4.78, 5) is 14.9. The average Bonchev–Trinajstić information content (AvgIpc) is 2.41. The smallest absolute Gasteiger partial charge is 0.248 e. The van der Waals surface area contributed by atoms with Crippen molar-refractivity contribution in [2.24, 2.45) is 5.73 Å². The van der Waals surface area contributed by atoms with E-state index in [1.807, 2.05) is 0 Å². The van der Waals surface area contributed by atoms with Crippen LogP contribution in [0.4, 0.5) is 8.78 Å². The Morgan fingerprint density at radius 2 is 2.00 bits per heavy atom. The molecule has 0 aliphatic heterocycles. The van der Waals surface area contributed by atoms with E-state index in [-0.39, 0.29) is 36.9 Å².